The summed E-state index contributed by atoms with van der Waals surface area (Å²) in [6.45, 7) is 1.74. The number of nitrogens with zero attached hydrogens (tertiary/aromatic N) is 2. The van der Waals surface area contributed by atoms with Crippen LogP contribution in [0.3, 0.4) is 0 Å². The monoisotopic (exact) mass is 248 g/mol. The molecule has 5 heteroatoms. The van der Waals surface area contributed by atoms with Crippen LogP contribution in [0.5, 0.6) is 0 Å². The predicted octanol–water partition coefficient (Wildman–Crippen LogP) is 1.23. The van der Waals surface area contributed by atoms with Crippen molar-refractivity contribution in [3.8, 4) is 6.07 Å². The molecule has 2 rings (SSSR count). The summed E-state index contributed by atoms with van der Waals surface area (Å²) in [5.41, 5.74) is -0.715. The van der Waals surface area contributed by atoms with Gasteiger partial charge in [0.05, 0.1) is 31.1 Å². The van der Waals surface area contributed by atoms with Gasteiger partial charge in [0.1, 0.15) is 11.4 Å². The number of carbonyl (C=O) groups is 1. The van der Waals surface area contributed by atoms with Gasteiger partial charge in [0.15, 0.2) is 0 Å². The maximum atomic E-state index is 13.8. The average Bonchev–Trinajstić information content (AvgIpc) is 2.29. The van der Waals surface area contributed by atoms with Crippen LogP contribution in [0.2, 0.25) is 0 Å². The number of rotatable bonds is 2. The molecular weight excluding hydrogens is 235 g/mol. The number of benzene rings is 1. The van der Waals surface area contributed by atoms with Crippen LogP contribution < -0.4 is 0 Å². The molecule has 0 bridgehead atoms. The molecule has 0 aliphatic carbocycles. The van der Waals surface area contributed by atoms with Crippen molar-refractivity contribution in [2.45, 2.75) is 18.9 Å². The fraction of sp³-hybridized carbons (Fsp3) is 0.385. The Labute approximate surface area is 104 Å². The van der Waals surface area contributed by atoms with Crippen LogP contribution in [0.15, 0.2) is 18.2 Å². The third kappa shape index (κ3) is 2.07. The Kier molecular flexibility index (Phi) is 3.05. The van der Waals surface area contributed by atoms with Gasteiger partial charge in [-0.3, -0.25) is 4.79 Å². The topological polar surface area (TPSA) is 64.3 Å². The van der Waals surface area contributed by atoms with Crippen molar-refractivity contribution >= 4 is 5.91 Å². The highest BCUT2D eigenvalue weighted by Crippen LogP contribution is 2.26. The smallest absolute Gasteiger partial charge is 0.257 e. The van der Waals surface area contributed by atoms with Gasteiger partial charge in [-0.25, -0.2) is 4.39 Å². The Morgan fingerprint density at radius 1 is 1.61 bits per heavy atom. The molecule has 1 saturated heterocycles. The maximum absolute atomic E-state index is 13.8. The molecule has 1 amide bonds. The molecule has 4 nitrogen and oxygen atoms in total. The number of halogens is 1. The highest BCUT2D eigenvalue weighted by atomic mass is 19.1. The molecule has 1 aromatic carbocycles. The van der Waals surface area contributed by atoms with Crippen molar-refractivity contribution in [1.29, 1.82) is 5.26 Å². The lowest BCUT2D eigenvalue weighted by Crippen LogP contribution is -2.63. The zero-order valence-corrected chi connectivity index (χ0v) is 9.98. The number of amides is 1. The second-order valence-corrected chi connectivity index (χ2v) is 4.66. The number of aliphatic hydroxyl groups is 1. The Hall–Kier alpha value is -1.93. The summed E-state index contributed by atoms with van der Waals surface area (Å²) in [4.78, 5) is 13.3. The molecule has 1 aliphatic rings. The first-order valence-electron chi connectivity index (χ1n) is 5.60. The lowest BCUT2D eigenvalue weighted by atomic mass is 9.90. The molecule has 18 heavy (non-hydrogen) atoms. The fourth-order valence-corrected chi connectivity index (χ4v) is 2.05. The first kappa shape index (κ1) is 12.5. The number of hydrogen-bond donors (Lipinski definition) is 1. The Morgan fingerprint density at radius 2 is 2.28 bits per heavy atom. The van der Waals surface area contributed by atoms with Crippen LogP contribution in [-0.4, -0.2) is 34.6 Å². The molecule has 1 heterocycles. The summed E-state index contributed by atoms with van der Waals surface area (Å²) in [5, 5.41) is 18.3. The van der Waals surface area contributed by atoms with E-state index in [0.29, 0.717) is 5.56 Å². The quantitative estimate of drug-likeness (QED) is 0.856. The van der Waals surface area contributed by atoms with E-state index in [1.807, 2.05) is 6.07 Å². The van der Waals surface area contributed by atoms with Gasteiger partial charge in [0, 0.05) is 0 Å². The molecule has 1 N–H and O–H groups in total. The van der Waals surface area contributed by atoms with Crippen molar-refractivity contribution in [3.05, 3.63) is 35.1 Å². The molecule has 0 atom stereocenters. The van der Waals surface area contributed by atoms with Crippen LogP contribution in [-0.2, 0) is 0 Å². The average molecular weight is 248 g/mol. The number of carbonyl (C=O) groups excluding carboxylic acids is 1. The normalized spacial score (nSPS) is 16.9. The minimum Gasteiger partial charge on any atom is -0.385 e. The highest BCUT2D eigenvalue weighted by Gasteiger charge is 2.44. The zero-order valence-electron chi connectivity index (χ0n) is 9.98. The predicted molar refractivity (Wildman–Crippen MR) is 62.2 cm³/mol. The van der Waals surface area contributed by atoms with E-state index in [2.05, 4.69) is 0 Å². The van der Waals surface area contributed by atoms with Crippen molar-refractivity contribution in [2.24, 2.45) is 0 Å². The summed E-state index contributed by atoms with van der Waals surface area (Å²) in [6.07, 6.45) is -0.0208. The summed E-state index contributed by atoms with van der Waals surface area (Å²) >= 11 is 0. The summed E-state index contributed by atoms with van der Waals surface area (Å²) in [6, 6.07) is 6.50. The first-order chi connectivity index (χ1) is 8.47. The van der Waals surface area contributed by atoms with Gasteiger partial charge in [-0.15, -0.1) is 0 Å². The Bertz CT molecular complexity index is 530. The molecule has 0 aromatic heterocycles. The standard InChI is InChI=1S/C13H13FN2O2/c1-9-3-2-4-10(11(9)14)12(17)16-7-13(18,8-16)5-6-15/h2-4,18H,5,7-8H2,1H3. The van der Waals surface area contributed by atoms with Crippen LogP contribution in [0.25, 0.3) is 0 Å². The minimum absolute atomic E-state index is 0.00834. The van der Waals surface area contributed by atoms with E-state index < -0.39 is 17.3 Å². The molecule has 1 aliphatic heterocycles. The minimum atomic E-state index is -1.13. The van der Waals surface area contributed by atoms with E-state index in [4.69, 9.17) is 5.26 Å². The van der Waals surface area contributed by atoms with E-state index in [0.717, 1.165) is 0 Å². The van der Waals surface area contributed by atoms with Gasteiger partial charge in [-0.1, -0.05) is 12.1 Å². The summed E-state index contributed by atoms with van der Waals surface area (Å²) in [5.74, 6) is -0.975. The van der Waals surface area contributed by atoms with Gasteiger partial charge in [0.2, 0.25) is 0 Å². The molecule has 0 radical (unpaired) electrons. The summed E-state index contributed by atoms with van der Waals surface area (Å²) < 4.78 is 13.8. The van der Waals surface area contributed by atoms with E-state index in [1.165, 1.54) is 11.0 Å². The van der Waals surface area contributed by atoms with Crippen LogP contribution in [0.1, 0.15) is 22.3 Å². The zero-order chi connectivity index (χ0) is 13.3. The van der Waals surface area contributed by atoms with Gasteiger partial charge in [-0.05, 0) is 18.6 Å². The van der Waals surface area contributed by atoms with Crippen LogP contribution in [0, 0.1) is 24.1 Å². The van der Waals surface area contributed by atoms with E-state index in [1.54, 1.807) is 19.1 Å². The number of aryl methyl sites for hydroxylation is 1. The van der Waals surface area contributed by atoms with E-state index in [-0.39, 0.29) is 25.1 Å². The molecule has 1 fully saturated rings. The molecular formula is C13H13FN2O2. The van der Waals surface area contributed by atoms with E-state index in [9.17, 15) is 14.3 Å². The Morgan fingerprint density at radius 3 is 2.89 bits per heavy atom. The van der Waals surface area contributed by atoms with Gasteiger partial charge >= 0.3 is 0 Å². The van der Waals surface area contributed by atoms with Gasteiger partial charge in [-0.2, -0.15) is 5.26 Å². The highest BCUT2D eigenvalue weighted by molar-refractivity contribution is 5.95. The lowest BCUT2D eigenvalue weighted by Gasteiger charge is -2.45. The van der Waals surface area contributed by atoms with Crippen molar-refractivity contribution < 1.29 is 14.3 Å². The summed E-state index contributed by atoms with van der Waals surface area (Å²) in [7, 11) is 0. The number of likely N-dealkylation sites (tertiary alicyclic amines) is 1. The third-order valence-electron chi connectivity index (χ3n) is 3.09. The number of hydrogen-bond acceptors (Lipinski definition) is 3. The second kappa shape index (κ2) is 4.39. The SMILES string of the molecule is Cc1cccc(C(=O)N2CC(O)(CC#N)C2)c1F. The van der Waals surface area contributed by atoms with Crippen LogP contribution in [0.4, 0.5) is 4.39 Å². The maximum Gasteiger partial charge on any atom is 0.257 e. The Balaban J connectivity index is 2.11. The molecule has 1 aromatic rings. The third-order valence-corrected chi connectivity index (χ3v) is 3.09. The van der Waals surface area contributed by atoms with Gasteiger partial charge < -0.3 is 10.0 Å². The number of nitriles is 1. The fourth-order valence-electron chi connectivity index (χ4n) is 2.05. The number of β-amino-alcohol motifs (C(OH)–C–C–N with tert-alkyl or cyclic N) is 1. The van der Waals surface area contributed by atoms with Crippen LogP contribution >= 0.6 is 0 Å². The van der Waals surface area contributed by atoms with Crippen molar-refractivity contribution in [3.63, 3.8) is 0 Å². The lowest BCUT2D eigenvalue weighted by molar-refractivity contribution is -0.0771. The largest absolute Gasteiger partial charge is 0.385 e. The molecule has 0 unspecified atom stereocenters. The second-order valence-electron chi connectivity index (χ2n) is 4.66. The first-order valence-corrected chi connectivity index (χ1v) is 5.60. The molecule has 0 saturated carbocycles. The van der Waals surface area contributed by atoms with Crippen molar-refractivity contribution in [2.75, 3.05) is 13.1 Å². The van der Waals surface area contributed by atoms with E-state index >= 15 is 0 Å². The van der Waals surface area contributed by atoms with Crippen molar-refractivity contribution in [1.82, 2.24) is 4.90 Å². The molecule has 94 valence electrons. The molecule has 0 spiro atoms. The van der Waals surface area contributed by atoms with Gasteiger partial charge in [0.25, 0.3) is 5.91 Å².